The minimum Gasteiger partial charge on any atom is -0.0654 e. The van der Waals surface area contributed by atoms with Gasteiger partial charge in [-0.05, 0) is 12.3 Å². The van der Waals surface area contributed by atoms with Crippen LogP contribution in [0.2, 0.25) is 0 Å². The molecular formula is C26H53. The molecule has 0 saturated carbocycles. The van der Waals surface area contributed by atoms with Gasteiger partial charge < -0.3 is 0 Å². The zero-order chi connectivity index (χ0) is 19.1. The normalized spacial score (nSPS) is 11.5. The second-order valence-corrected chi connectivity index (χ2v) is 9.03. The van der Waals surface area contributed by atoms with Crippen molar-refractivity contribution in [2.24, 2.45) is 0 Å². The van der Waals surface area contributed by atoms with Gasteiger partial charge >= 0.3 is 0 Å². The molecule has 0 N–H and O–H groups in total. The van der Waals surface area contributed by atoms with E-state index in [1.54, 1.807) is 5.92 Å². The average Bonchev–Trinajstić information content (AvgIpc) is 2.62. The third-order valence-corrected chi connectivity index (χ3v) is 5.78. The van der Waals surface area contributed by atoms with Crippen molar-refractivity contribution in [2.75, 3.05) is 0 Å². The molecule has 0 nitrogen and oxygen atoms in total. The molecule has 0 unspecified atom stereocenters. The van der Waals surface area contributed by atoms with Crippen LogP contribution in [0.5, 0.6) is 0 Å². The first kappa shape index (κ1) is 26.0. The summed E-state index contributed by atoms with van der Waals surface area (Å²) in [5.41, 5.74) is 0. The fourth-order valence-corrected chi connectivity index (χ4v) is 3.91. The fraction of sp³-hybridized carbons (Fsp3) is 0.962. The highest BCUT2D eigenvalue weighted by atomic mass is 14.0. The predicted octanol–water partition coefficient (Wildman–Crippen LogP) is 10.2. The lowest BCUT2D eigenvalue weighted by Gasteiger charge is -2.05. The molecule has 0 heterocycles. The van der Waals surface area contributed by atoms with Crippen LogP contribution in [0.15, 0.2) is 0 Å². The zero-order valence-electron chi connectivity index (χ0n) is 19.1. The van der Waals surface area contributed by atoms with Crippen molar-refractivity contribution in [1.82, 2.24) is 0 Å². The molecule has 157 valence electrons. The van der Waals surface area contributed by atoms with E-state index in [1.807, 2.05) is 0 Å². The quantitative estimate of drug-likeness (QED) is 0.167. The third kappa shape index (κ3) is 24.0. The van der Waals surface area contributed by atoms with Crippen molar-refractivity contribution >= 4 is 0 Å². The molecule has 0 aromatic rings. The van der Waals surface area contributed by atoms with E-state index < -0.39 is 0 Å². The van der Waals surface area contributed by atoms with Crippen LogP contribution in [0.1, 0.15) is 162 Å². The molecule has 0 amide bonds. The number of rotatable bonds is 22. The lowest BCUT2D eigenvalue weighted by atomic mass is 10.0. The molecule has 0 atom stereocenters. The van der Waals surface area contributed by atoms with Gasteiger partial charge in [0.15, 0.2) is 0 Å². The van der Waals surface area contributed by atoms with E-state index in [4.69, 9.17) is 0 Å². The van der Waals surface area contributed by atoms with Crippen molar-refractivity contribution < 1.29 is 0 Å². The monoisotopic (exact) mass is 365 g/mol. The van der Waals surface area contributed by atoms with Gasteiger partial charge in [-0.15, -0.1) is 0 Å². The highest BCUT2D eigenvalue weighted by Gasteiger charge is 1.96. The van der Waals surface area contributed by atoms with Crippen LogP contribution in [0.25, 0.3) is 0 Å². The maximum Gasteiger partial charge on any atom is -0.0303 e. The molecule has 0 aliphatic rings. The highest BCUT2D eigenvalue weighted by Crippen LogP contribution is 2.16. The van der Waals surface area contributed by atoms with Gasteiger partial charge in [-0.3, -0.25) is 0 Å². The highest BCUT2D eigenvalue weighted by molar-refractivity contribution is 4.75. The molecule has 0 aliphatic carbocycles. The second kappa shape index (κ2) is 23.0. The summed E-state index contributed by atoms with van der Waals surface area (Å²) < 4.78 is 0. The molecule has 0 bridgehead atoms. The largest absolute Gasteiger partial charge is 0.0654 e. The molecule has 0 rings (SSSR count). The van der Waals surface area contributed by atoms with E-state index in [1.165, 1.54) is 141 Å². The first-order chi connectivity index (χ1) is 12.8. The number of hydrogen-bond acceptors (Lipinski definition) is 0. The second-order valence-electron chi connectivity index (χ2n) is 9.03. The van der Waals surface area contributed by atoms with Crippen LogP contribution in [-0.4, -0.2) is 0 Å². The Hall–Kier alpha value is 0. The minimum absolute atomic E-state index is 1.35. The molecule has 0 aromatic carbocycles. The Kier molecular flexibility index (Phi) is 23.0. The Labute approximate surface area is 168 Å². The van der Waals surface area contributed by atoms with Crippen molar-refractivity contribution in [3.8, 4) is 0 Å². The van der Waals surface area contributed by atoms with Gasteiger partial charge in [-0.1, -0.05) is 156 Å². The molecule has 0 heteroatoms. The van der Waals surface area contributed by atoms with E-state index in [2.05, 4.69) is 20.8 Å². The smallest absolute Gasteiger partial charge is 0.0303 e. The van der Waals surface area contributed by atoms with E-state index >= 15 is 0 Å². The first-order valence-corrected chi connectivity index (χ1v) is 12.6. The third-order valence-electron chi connectivity index (χ3n) is 5.78. The van der Waals surface area contributed by atoms with Crippen molar-refractivity contribution in [2.45, 2.75) is 162 Å². The average molecular weight is 366 g/mol. The van der Waals surface area contributed by atoms with Gasteiger partial charge in [0.05, 0.1) is 0 Å². The molecule has 0 saturated heterocycles. The Bertz CT molecular complexity index is 230. The predicted molar refractivity (Wildman–Crippen MR) is 122 cm³/mol. The Balaban J connectivity index is 2.97. The van der Waals surface area contributed by atoms with E-state index in [0.29, 0.717) is 0 Å². The summed E-state index contributed by atoms with van der Waals surface area (Å²) in [7, 11) is 0. The standard InChI is InChI=1S/C26H53/c1-4-5-6-7-8-9-10-11-12-13-14-15-16-17-18-19-20-21-22-23-24-25-26(2)3/h4-25H2,1-3H3. The minimum atomic E-state index is 1.35. The van der Waals surface area contributed by atoms with Crippen molar-refractivity contribution in [1.29, 1.82) is 0 Å². The summed E-state index contributed by atoms with van der Waals surface area (Å²) in [6.45, 7) is 6.82. The Morgan fingerprint density at radius 2 is 0.577 bits per heavy atom. The van der Waals surface area contributed by atoms with Gasteiger partial charge in [0.25, 0.3) is 0 Å². The molecule has 1 radical (unpaired) electrons. The zero-order valence-corrected chi connectivity index (χ0v) is 19.1. The van der Waals surface area contributed by atoms with Gasteiger partial charge in [-0.2, -0.15) is 0 Å². The lowest BCUT2D eigenvalue weighted by Crippen LogP contribution is -1.86. The number of hydrogen-bond donors (Lipinski definition) is 0. The fourth-order valence-electron chi connectivity index (χ4n) is 3.91. The Morgan fingerprint density at radius 3 is 0.808 bits per heavy atom. The van der Waals surface area contributed by atoms with Crippen LogP contribution in [0.3, 0.4) is 0 Å². The topological polar surface area (TPSA) is 0 Å². The molecule has 0 spiro atoms. The molecule has 0 fully saturated rings. The summed E-state index contributed by atoms with van der Waals surface area (Å²) >= 11 is 0. The maximum atomic E-state index is 2.30. The molecule has 0 aliphatic heterocycles. The first-order valence-electron chi connectivity index (χ1n) is 12.6. The Morgan fingerprint density at radius 1 is 0.346 bits per heavy atom. The van der Waals surface area contributed by atoms with Gasteiger partial charge in [-0.25, -0.2) is 0 Å². The van der Waals surface area contributed by atoms with Crippen molar-refractivity contribution in [3.63, 3.8) is 0 Å². The summed E-state index contributed by atoms with van der Waals surface area (Å²) in [5, 5.41) is 0. The van der Waals surface area contributed by atoms with Gasteiger partial charge in [0.1, 0.15) is 0 Å². The van der Waals surface area contributed by atoms with Crippen LogP contribution in [0.4, 0.5) is 0 Å². The summed E-state index contributed by atoms with van der Waals surface area (Å²) in [6.07, 6.45) is 32.2. The summed E-state index contributed by atoms with van der Waals surface area (Å²) in [6, 6.07) is 0. The van der Waals surface area contributed by atoms with Crippen LogP contribution in [-0.2, 0) is 0 Å². The maximum absolute atomic E-state index is 2.30. The lowest BCUT2D eigenvalue weighted by molar-refractivity contribution is 0.519. The van der Waals surface area contributed by atoms with Gasteiger partial charge in [0, 0.05) is 0 Å². The summed E-state index contributed by atoms with van der Waals surface area (Å²) in [5.74, 6) is 1.60. The molecular weight excluding hydrogens is 312 g/mol. The van der Waals surface area contributed by atoms with Crippen LogP contribution >= 0.6 is 0 Å². The SMILES string of the molecule is CCCCCCCCCCCCCCCCCCCCCCC[C](C)C. The van der Waals surface area contributed by atoms with E-state index in [9.17, 15) is 0 Å². The van der Waals surface area contributed by atoms with E-state index in [0.717, 1.165) is 0 Å². The van der Waals surface area contributed by atoms with Crippen molar-refractivity contribution in [3.05, 3.63) is 5.92 Å². The van der Waals surface area contributed by atoms with Gasteiger partial charge in [0.2, 0.25) is 0 Å². The van der Waals surface area contributed by atoms with E-state index in [-0.39, 0.29) is 0 Å². The van der Waals surface area contributed by atoms with Crippen LogP contribution < -0.4 is 0 Å². The molecule has 0 aromatic heterocycles. The summed E-state index contributed by atoms with van der Waals surface area (Å²) in [4.78, 5) is 0. The molecule has 26 heavy (non-hydrogen) atoms. The number of unbranched alkanes of at least 4 members (excludes halogenated alkanes) is 20. The van der Waals surface area contributed by atoms with Crippen LogP contribution in [0, 0.1) is 5.92 Å².